The van der Waals surface area contributed by atoms with Crippen molar-refractivity contribution < 1.29 is 34.2 Å². The number of amides is 3. The molecule has 0 rings (SSSR count). The molecule has 136 valence electrons. The van der Waals surface area contributed by atoms with Gasteiger partial charge in [-0.15, -0.1) is 0 Å². The van der Waals surface area contributed by atoms with E-state index in [9.17, 15) is 24.0 Å². The van der Waals surface area contributed by atoms with E-state index in [0.717, 1.165) is 0 Å². The van der Waals surface area contributed by atoms with E-state index in [1.165, 1.54) is 0 Å². The van der Waals surface area contributed by atoms with Crippen LogP contribution in [0, 0.1) is 0 Å². The van der Waals surface area contributed by atoms with Crippen LogP contribution in [0.3, 0.4) is 0 Å². The Morgan fingerprint density at radius 3 is 1.96 bits per heavy atom. The Morgan fingerprint density at radius 1 is 1.00 bits per heavy atom. The first-order valence-corrected chi connectivity index (χ1v) is 7.41. The summed E-state index contributed by atoms with van der Waals surface area (Å²) < 4.78 is 0. The minimum Gasteiger partial charge on any atom is -0.481 e. The molecule has 3 atom stereocenters. The van der Waals surface area contributed by atoms with E-state index >= 15 is 0 Å². The van der Waals surface area contributed by atoms with Crippen molar-refractivity contribution in [2.45, 2.75) is 37.4 Å². The second-order valence-electron chi connectivity index (χ2n) is 4.85. The van der Waals surface area contributed by atoms with Crippen molar-refractivity contribution in [1.29, 1.82) is 0 Å². The standard InChI is InChI=1S/C12H20N4O7S/c13-5(3-9(18)19)10(20)16-7(4-24)11(21)15-6(12(22)23)1-2-8(14)17/h5-7,24H,1-4,13H2,(H2,14,17)(H,15,21)(H,16,20)(H,18,19)(H,22,23). The van der Waals surface area contributed by atoms with Crippen LogP contribution in [-0.4, -0.2) is 63.8 Å². The summed E-state index contributed by atoms with van der Waals surface area (Å²) >= 11 is 3.87. The number of aliphatic carboxylic acids is 2. The Balaban J connectivity index is 4.76. The maximum absolute atomic E-state index is 12.0. The van der Waals surface area contributed by atoms with Gasteiger partial charge in [-0.2, -0.15) is 12.6 Å². The minimum absolute atomic E-state index is 0.181. The molecule has 12 heteroatoms. The van der Waals surface area contributed by atoms with Gasteiger partial charge in [0.15, 0.2) is 0 Å². The summed E-state index contributed by atoms with van der Waals surface area (Å²) in [6, 6.07) is -3.98. The van der Waals surface area contributed by atoms with Crippen molar-refractivity contribution in [3.05, 3.63) is 0 Å². The van der Waals surface area contributed by atoms with Gasteiger partial charge in [-0.3, -0.25) is 19.2 Å². The van der Waals surface area contributed by atoms with E-state index < -0.39 is 54.2 Å². The van der Waals surface area contributed by atoms with Crippen molar-refractivity contribution in [2.24, 2.45) is 11.5 Å². The zero-order valence-corrected chi connectivity index (χ0v) is 13.5. The fraction of sp³-hybridized carbons (Fsp3) is 0.583. The number of rotatable bonds is 11. The lowest BCUT2D eigenvalue weighted by molar-refractivity contribution is -0.143. The van der Waals surface area contributed by atoms with Crippen molar-refractivity contribution in [3.63, 3.8) is 0 Å². The molecule has 0 aliphatic heterocycles. The lowest BCUT2D eigenvalue weighted by atomic mass is 10.1. The number of carboxylic acid groups (broad SMARTS) is 2. The van der Waals surface area contributed by atoms with Crippen LogP contribution in [0.15, 0.2) is 0 Å². The SMILES string of the molecule is NC(=O)CCC(NC(=O)C(CS)NC(=O)C(N)CC(=O)O)C(=O)O. The van der Waals surface area contributed by atoms with Gasteiger partial charge in [0, 0.05) is 12.2 Å². The molecule has 8 N–H and O–H groups in total. The number of nitrogens with one attached hydrogen (secondary N) is 2. The summed E-state index contributed by atoms with van der Waals surface area (Å²) in [7, 11) is 0. The van der Waals surface area contributed by atoms with E-state index in [4.69, 9.17) is 21.7 Å². The van der Waals surface area contributed by atoms with Crippen molar-refractivity contribution >= 4 is 42.3 Å². The molecule has 0 aromatic rings. The molecule has 0 aromatic heterocycles. The molecule has 0 bridgehead atoms. The minimum atomic E-state index is -1.38. The molecule has 3 amide bonds. The normalized spacial score (nSPS) is 14.1. The Hall–Kier alpha value is -2.34. The summed E-state index contributed by atoms with van der Waals surface area (Å²) in [5, 5.41) is 21.9. The van der Waals surface area contributed by atoms with Gasteiger partial charge in [-0.25, -0.2) is 4.79 Å². The van der Waals surface area contributed by atoms with E-state index in [-0.39, 0.29) is 18.6 Å². The number of carbonyl (C=O) groups excluding carboxylic acids is 3. The third-order valence-electron chi connectivity index (χ3n) is 2.84. The Morgan fingerprint density at radius 2 is 1.54 bits per heavy atom. The van der Waals surface area contributed by atoms with Gasteiger partial charge in [0.25, 0.3) is 0 Å². The first-order chi connectivity index (χ1) is 11.1. The molecular weight excluding hydrogens is 344 g/mol. The van der Waals surface area contributed by atoms with Crippen molar-refractivity contribution in [2.75, 3.05) is 5.75 Å². The molecule has 0 saturated carbocycles. The lowest BCUT2D eigenvalue weighted by Gasteiger charge is -2.21. The van der Waals surface area contributed by atoms with Gasteiger partial charge < -0.3 is 32.3 Å². The van der Waals surface area contributed by atoms with Crippen LogP contribution in [0.4, 0.5) is 0 Å². The zero-order valence-electron chi connectivity index (χ0n) is 12.6. The largest absolute Gasteiger partial charge is 0.481 e. The van der Waals surface area contributed by atoms with E-state index in [2.05, 4.69) is 23.3 Å². The predicted octanol–water partition coefficient (Wildman–Crippen LogP) is -2.96. The highest BCUT2D eigenvalue weighted by molar-refractivity contribution is 7.80. The number of primary amides is 1. The highest BCUT2D eigenvalue weighted by Gasteiger charge is 2.27. The maximum Gasteiger partial charge on any atom is 0.326 e. The number of hydrogen-bond acceptors (Lipinski definition) is 7. The third-order valence-corrected chi connectivity index (χ3v) is 3.21. The molecule has 11 nitrogen and oxygen atoms in total. The average Bonchev–Trinajstić information content (AvgIpc) is 2.47. The van der Waals surface area contributed by atoms with Crippen LogP contribution in [0.25, 0.3) is 0 Å². The first-order valence-electron chi connectivity index (χ1n) is 6.78. The highest BCUT2D eigenvalue weighted by atomic mass is 32.1. The molecule has 0 radical (unpaired) electrons. The summed E-state index contributed by atoms with van der Waals surface area (Å²) in [6.07, 6.45) is -1.11. The van der Waals surface area contributed by atoms with Crippen molar-refractivity contribution in [1.82, 2.24) is 10.6 Å². The summed E-state index contributed by atoms with van der Waals surface area (Å²) in [5.74, 6) is -5.33. The molecule has 0 aromatic carbocycles. The van der Waals surface area contributed by atoms with Crippen LogP contribution in [0.2, 0.25) is 0 Å². The van der Waals surface area contributed by atoms with Gasteiger partial charge in [0.1, 0.15) is 12.1 Å². The van der Waals surface area contributed by atoms with Crippen LogP contribution < -0.4 is 22.1 Å². The monoisotopic (exact) mass is 364 g/mol. The Kier molecular flexibility index (Phi) is 9.42. The number of nitrogens with two attached hydrogens (primary N) is 2. The summed E-state index contributed by atoms with van der Waals surface area (Å²) in [6.45, 7) is 0. The van der Waals surface area contributed by atoms with Gasteiger partial charge >= 0.3 is 11.9 Å². The lowest BCUT2D eigenvalue weighted by Crippen LogP contribution is -2.55. The van der Waals surface area contributed by atoms with Gasteiger partial charge in [0.05, 0.1) is 12.5 Å². The van der Waals surface area contributed by atoms with Crippen LogP contribution in [0.1, 0.15) is 19.3 Å². The molecule has 0 aliphatic rings. The Labute approximate surface area is 142 Å². The zero-order chi connectivity index (χ0) is 18.9. The number of thiol groups is 1. The molecule has 3 unspecified atom stereocenters. The van der Waals surface area contributed by atoms with E-state index in [1.54, 1.807) is 0 Å². The first kappa shape index (κ1) is 21.7. The molecule has 0 aliphatic carbocycles. The van der Waals surface area contributed by atoms with E-state index in [0.29, 0.717) is 0 Å². The third kappa shape index (κ3) is 8.33. The smallest absolute Gasteiger partial charge is 0.326 e. The molecule has 0 fully saturated rings. The van der Waals surface area contributed by atoms with Crippen LogP contribution in [0.5, 0.6) is 0 Å². The highest BCUT2D eigenvalue weighted by Crippen LogP contribution is 2.00. The average molecular weight is 364 g/mol. The fourth-order valence-electron chi connectivity index (χ4n) is 1.57. The molecule has 0 heterocycles. The van der Waals surface area contributed by atoms with Crippen LogP contribution in [-0.2, 0) is 24.0 Å². The molecule has 0 saturated heterocycles. The van der Waals surface area contributed by atoms with E-state index in [1.807, 2.05) is 0 Å². The fourth-order valence-corrected chi connectivity index (χ4v) is 1.83. The quantitative estimate of drug-likeness (QED) is 0.188. The van der Waals surface area contributed by atoms with Crippen LogP contribution >= 0.6 is 12.6 Å². The molecular formula is C12H20N4O7S. The second kappa shape index (κ2) is 10.4. The van der Waals surface area contributed by atoms with Gasteiger partial charge in [-0.1, -0.05) is 0 Å². The second-order valence-corrected chi connectivity index (χ2v) is 5.22. The summed E-state index contributed by atoms with van der Waals surface area (Å²) in [4.78, 5) is 55.9. The topological polar surface area (TPSA) is 202 Å². The maximum atomic E-state index is 12.0. The van der Waals surface area contributed by atoms with Gasteiger partial charge in [0.2, 0.25) is 17.7 Å². The molecule has 0 spiro atoms. The number of hydrogen-bond donors (Lipinski definition) is 7. The summed E-state index contributed by atoms with van der Waals surface area (Å²) in [5.41, 5.74) is 10.3. The molecule has 24 heavy (non-hydrogen) atoms. The number of carbonyl (C=O) groups is 5. The predicted molar refractivity (Wildman–Crippen MR) is 84.0 cm³/mol. The number of carboxylic acids is 2. The van der Waals surface area contributed by atoms with Gasteiger partial charge in [-0.05, 0) is 6.42 Å². The Bertz CT molecular complexity index is 514. The van der Waals surface area contributed by atoms with Crippen molar-refractivity contribution in [3.8, 4) is 0 Å².